The summed E-state index contributed by atoms with van der Waals surface area (Å²) < 4.78 is 5.40. The molecule has 0 bridgehead atoms. The highest BCUT2D eigenvalue weighted by molar-refractivity contribution is 4.91. The molecule has 88 valence electrons. The molecule has 0 radical (unpaired) electrons. The molecule has 0 aromatic rings. The second-order valence-corrected chi connectivity index (χ2v) is 5.80. The van der Waals surface area contributed by atoms with E-state index in [1.807, 2.05) is 0 Å². The molecule has 1 aliphatic carbocycles. The number of hydrogen-bond acceptors (Lipinski definition) is 2. The molecule has 2 aliphatic rings. The normalized spacial score (nSPS) is 39.2. The number of ether oxygens (including phenoxy) is 1. The minimum atomic E-state index is 0.161. The maximum absolute atomic E-state index is 6.51. The Morgan fingerprint density at radius 3 is 2.33 bits per heavy atom. The van der Waals surface area contributed by atoms with Crippen LogP contribution in [-0.4, -0.2) is 18.8 Å². The zero-order valence-electron chi connectivity index (χ0n) is 10.0. The number of rotatable bonds is 2. The molecule has 2 fully saturated rings. The van der Waals surface area contributed by atoms with E-state index in [9.17, 15) is 0 Å². The van der Waals surface area contributed by atoms with Crippen molar-refractivity contribution in [3.05, 3.63) is 0 Å². The van der Waals surface area contributed by atoms with Crippen LogP contribution in [0.15, 0.2) is 0 Å². The van der Waals surface area contributed by atoms with Gasteiger partial charge in [-0.25, -0.2) is 0 Å². The third-order valence-corrected chi connectivity index (χ3v) is 4.31. The lowest BCUT2D eigenvalue weighted by molar-refractivity contribution is 0.0512. The predicted octanol–water partition coefficient (Wildman–Crippen LogP) is 2.71. The molecule has 2 nitrogen and oxygen atoms in total. The Labute approximate surface area is 93.6 Å². The van der Waals surface area contributed by atoms with Gasteiger partial charge in [-0.2, -0.15) is 0 Å². The van der Waals surface area contributed by atoms with Gasteiger partial charge in [-0.1, -0.05) is 6.92 Å². The van der Waals surface area contributed by atoms with Crippen LogP contribution in [0.25, 0.3) is 0 Å². The number of hydrogen-bond donors (Lipinski definition) is 1. The van der Waals surface area contributed by atoms with E-state index in [2.05, 4.69) is 6.92 Å². The van der Waals surface area contributed by atoms with Crippen LogP contribution in [0.4, 0.5) is 0 Å². The van der Waals surface area contributed by atoms with E-state index in [-0.39, 0.29) is 5.54 Å². The van der Waals surface area contributed by atoms with Gasteiger partial charge in [0.25, 0.3) is 0 Å². The fourth-order valence-electron chi connectivity index (χ4n) is 3.07. The lowest BCUT2D eigenvalue weighted by Crippen LogP contribution is -2.45. The first-order valence-electron chi connectivity index (χ1n) is 6.55. The molecule has 2 N–H and O–H groups in total. The van der Waals surface area contributed by atoms with Crippen molar-refractivity contribution in [3.8, 4) is 0 Å². The van der Waals surface area contributed by atoms with E-state index >= 15 is 0 Å². The molecule has 0 unspecified atom stereocenters. The summed E-state index contributed by atoms with van der Waals surface area (Å²) in [6.07, 6.45) is 8.85. The highest BCUT2D eigenvalue weighted by Gasteiger charge is 2.32. The van der Waals surface area contributed by atoms with Crippen LogP contribution in [0.1, 0.15) is 51.9 Å². The molecule has 1 saturated carbocycles. The quantitative estimate of drug-likeness (QED) is 0.762. The van der Waals surface area contributed by atoms with E-state index in [4.69, 9.17) is 10.5 Å². The van der Waals surface area contributed by atoms with Crippen LogP contribution >= 0.6 is 0 Å². The van der Waals surface area contributed by atoms with Crippen LogP contribution in [-0.2, 0) is 4.74 Å². The summed E-state index contributed by atoms with van der Waals surface area (Å²) in [5, 5.41) is 0. The second-order valence-electron chi connectivity index (χ2n) is 5.80. The lowest BCUT2D eigenvalue weighted by Gasteiger charge is -2.39. The lowest BCUT2D eigenvalue weighted by atomic mass is 9.72. The summed E-state index contributed by atoms with van der Waals surface area (Å²) in [7, 11) is 0. The Kier molecular flexibility index (Phi) is 3.68. The molecule has 0 amide bonds. The Morgan fingerprint density at radius 2 is 1.73 bits per heavy atom. The van der Waals surface area contributed by atoms with Crippen molar-refractivity contribution in [2.75, 3.05) is 13.2 Å². The van der Waals surface area contributed by atoms with Crippen molar-refractivity contribution >= 4 is 0 Å². The Bertz CT molecular complexity index is 191. The average molecular weight is 211 g/mol. The number of nitrogens with two attached hydrogens (primary N) is 1. The van der Waals surface area contributed by atoms with Gasteiger partial charge in [0.2, 0.25) is 0 Å². The zero-order valence-corrected chi connectivity index (χ0v) is 10.0. The summed E-state index contributed by atoms with van der Waals surface area (Å²) in [5.74, 6) is 1.73. The van der Waals surface area contributed by atoms with Crippen LogP contribution < -0.4 is 5.73 Å². The first kappa shape index (κ1) is 11.4. The minimum Gasteiger partial charge on any atom is -0.381 e. The maximum Gasteiger partial charge on any atom is 0.0468 e. The summed E-state index contributed by atoms with van der Waals surface area (Å²) in [4.78, 5) is 0. The third-order valence-electron chi connectivity index (χ3n) is 4.31. The standard InChI is InChI=1S/C13H25NO/c1-11-2-6-13(14,7-3-11)10-12-4-8-15-9-5-12/h11-12H,2-10,14H2,1H3. The van der Waals surface area contributed by atoms with Gasteiger partial charge in [-0.3, -0.25) is 0 Å². The molecule has 0 atom stereocenters. The molecular weight excluding hydrogens is 186 g/mol. The van der Waals surface area contributed by atoms with Gasteiger partial charge < -0.3 is 10.5 Å². The van der Waals surface area contributed by atoms with Crippen molar-refractivity contribution in [1.29, 1.82) is 0 Å². The van der Waals surface area contributed by atoms with E-state index < -0.39 is 0 Å². The Morgan fingerprint density at radius 1 is 1.13 bits per heavy atom. The molecule has 1 saturated heterocycles. The van der Waals surface area contributed by atoms with Crippen LogP contribution in [0.3, 0.4) is 0 Å². The van der Waals surface area contributed by atoms with Gasteiger partial charge >= 0.3 is 0 Å². The van der Waals surface area contributed by atoms with Gasteiger partial charge in [0.05, 0.1) is 0 Å². The third kappa shape index (κ3) is 3.18. The van der Waals surface area contributed by atoms with E-state index in [0.717, 1.165) is 25.0 Å². The molecule has 1 aliphatic heterocycles. The Hall–Kier alpha value is -0.0800. The molecule has 0 aromatic heterocycles. The second kappa shape index (κ2) is 4.84. The predicted molar refractivity (Wildman–Crippen MR) is 62.7 cm³/mol. The summed E-state index contributed by atoms with van der Waals surface area (Å²) >= 11 is 0. The van der Waals surface area contributed by atoms with Gasteiger partial charge in [-0.05, 0) is 56.8 Å². The maximum atomic E-state index is 6.51. The molecule has 1 heterocycles. The molecule has 0 aromatic carbocycles. The molecule has 0 spiro atoms. The van der Waals surface area contributed by atoms with Gasteiger partial charge in [-0.15, -0.1) is 0 Å². The highest BCUT2D eigenvalue weighted by atomic mass is 16.5. The Balaban J connectivity index is 1.81. The van der Waals surface area contributed by atoms with Crippen LogP contribution in [0, 0.1) is 11.8 Å². The molecular formula is C13H25NO. The minimum absolute atomic E-state index is 0.161. The summed E-state index contributed by atoms with van der Waals surface area (Å²) in [6.45, 7) is 4.27. The first-order valence-corrected chi connectivity index (χ1v) is 6.55. The van der Waals surface area contributed by atoms with Crippen molar-refractivity contribution in [3.63, 3.8) is 0 Å². The fourth-order valence-corrected chi connectivity index (χ4v) is 3.07. The fraction of sp³-hybridized carbons (Fsp3) is 1.00. The highest BCUT2D eigenvalue weighted by Crippen LogP contribution is 2.36. The molecule has 2 heteroatoms. The average Bonchev–Trinajstić information content (AvgIpc) is 2.24. The van der Waals surface area contributed by atoms with Crippen molar-refractivity contribution < 1.29 is 4.74 Å². The van der Waals surface area contributed by atoms with Crippen LogP contribution in [0.5, 0.6) is 0 Å². The monoisotopic (exact) mass is 211 g/mol. The van der Waals surface area contributed by atoms with E-state index in [0.29, 0.717) is 0 Å². The largest absolute Gasteiger partial charge is 0.381 e. The van der Waals surface area contributed by atoms with Crippen molar-refractivity contribution in [2.45, 2.75) is 57.4 Å². The van der Waals surface area contributed by atoms with Gasteiger partial charge in [0.1, 0.15) is 0 Å². The van der Waals surface area contributed by atoms with Crippen molar-refractivity contribution in [2.24, 2.45) is 17.6 Å². The van der Waals surface area contributed by atoms with Crippen LogP contribution in [0.2, 0.25) is 0 Å². The SMILES string of the molecule is CC1CCC(N)(CC2CCOCC2)CC1. The molecule has 2 rings (SSSR count). The molecule has 15 heavy (non-hydrogen) atoms. The smallest absolute Gasteiger partial charge is 0.0468 e. The van der Waals surface area contributed by atoms with Crippen molar-refractivity contribution in [1.82, 2.24) is 0 Å². The first-order chi connectivity index (χ1) is 7.18. The van der Waals surface area contributed by atoms with Gasteiger partial charge in [0, 0.05) is 18.8 Å². The summed E-state index contributed by atoms with van der Waals surface area (Å²) in [5.41, 5.74) is 6.67. The van der Waals surface area contributed by atoms with Gasteiger partial charge in [0.15, 0.2) is 0 Å². The zero-order chi connectivity index (χ0) is 10.7. The van der Waals surface area contributed by atoms with E-state index in [1.54, 1.807) is 0 Å². The van der Waals surface area contributed by atoms with E-state index in [1.165, 1.54) is 44.9 Å². The summed E-state index contributed by atoms with van der Waals surface area (Å²) in [6, 6.07) is 0. The topological polar surface area (TPSA) is 35.2 Å².